The summed E-state index contributed by atoms with van der Waals surface area (Å²) in [6.45, 7) is 4.17. The monoisotopic (exact) mass is 138 g/mol. The molecule has 0 spiro atoms. The minimum atomic E-state index is -3.35. The summed E-state index contributed by atoms with van der Waals surface area (Å²) in [6, 6.07) is 0. The standard InChI is InChI=1S/C6H9F3/c1-3-5(7)6(8,9)4-2/h4-5H,2-3H2,1H3. The van der Waals surface area contributed by atoms with Gasteiger partial charge in [0.05, 0.1) is 0 Å². The summed E-state index contributed by atoms with van der Waals surface area (Å²) in [6.07, 6.45) is -1.93. The summed E-state index contributed by atoms with van der Waals surface area (Å²) in [5.74, 6) is -3.35. The van der Waals surface area contributed by atoms with E-state index in [-0.39, 0.29) is 6.42 Å². The fourth-order valence-electron chi connectivity index (χ4n) is 0.400. The molecule has 1 unspecified atom stereocenters. The van der Waals surface area contributed by atoms with E-state index in [0.29, 0.717) is 6.08 Å². The molecule has 0 aliphatic heterocycles. The largest absolute Gasteiger partial charge is 0.296 e. The van der Waals surface area contributed by atoms with Gasteiger partial charge in [0.1, 0.15) is 0 Å². The lowest BCUT2D eigenvalue weighted by molar-refractivity contribution is -0.0281. The maximum Gasteiger partial charge on any atom is 0.296 e. The van der Waals surface area contributed by atoms with Gasteiger partial charge in [-0.1, -0.05) is 13.5 Å². The Labute approximate surface area is 52.4 Å². The van der Waals surface area contributed by atoms with Gasteiger partial charge < -0.3 is 0 Å². The fraction of sp³-hybridized carbons (Fsp3) is 0.667. The zero-order valence-electron chi connectivity index (χ0n) is 5.20. The molecular weight excluding hydrogens is 129 g/mol. The molecule has 0 N–H and O–H groups in total. The van der Waals surface area contributed by atoms with Gasteiger partial charge in [0.2, 0.25) is 0 Å². The molecule has 0 aliphatic carbocycles. The molecule has 0 radical (unpaired) electrons. The maximum atomic E-state index is 12.1. The van der Waals surface area contributed by atoms with Crippen LogP contribution in [0.4, 0.5) is 13.2 Å². The van der Waals surface area contributed by atoms with Crippen LogP contribution in [0, 0.1) is 0 Å². The van der Waals surface area contributed by atoms with Crippen molar-refractivity contribution in [2.75, 3.05) is 0 Å². The first kappa shape index (κ1) is 8.53. The quantitative estimate of drug-likeness (QED) is 0.526. The van der Waals surface area contributed by atoms with Crippen LogP contribution in [0.25, 0.3) is 0 Å². The highest BCUT2D eigenvalue weighted by Crippen LogP contribution is 2.24. The van der Waals surface area contributed by atoms with Crippen LogP contribution >= 0.6 is 0 Å². The molecule has 0 aromatic carbocycles. The van der Waals surface area contributed by atoms with E-state index in [9.17, 15) is 13.2 Å². The topological polar surface area (TPSA) is 0 Å². The van der Waals surface area contributed by atoms with Gasteiger partial charge in [-0.15, -0.1) is 0 Å². The predicted molar refractivity (Wildman–Crippen MR) is 30.3 cm³/mol. The third-order valence-corrected chi connectivity index (χ3v) is 1.05. The number of rotatable bonds is 3. The van der Waals surface area contributed by atoms with Crippen LogP contribution < -0.4 is 0 Å². The van der Waals surface area contributed by atoms with Crippen LogP contribution in [0.1, 0.15) is 13.3 Å². The molecule has 0 bridgehead atoms. The van der Waals surface area contributed by atoms with Crippen molar-refractivity contribution in [3.8, 4) is 0 Å². The van der Waals surface area contributed by atoms with Crippen molar-refractivity contribution in [2.45, 2.75) is 25.4 Å². The van der Waals surface area contributed by atoms with E-state index in [1.54, 1.807) is 0 Å². The Bertz CT molecular complexity index is 98.5. The lowest BCUT2D eigenvalue weighted by atomic mass is 10.2. The third kappa shape index (κ3) is 2.08. The van der Waals surface area contributed by atoms with Crippen molar-refractivity contribution in [1.82, 2.24) is 0 Å². The number of allylic oxidation sites excluding steroid dienone is 1. The van der Waals surface area contributed by atoms with E-state index in [1.165, 1.54) is 6.92 Å². The Morgan fingerprint density at radius 1 is 1.67 bits per heavy atom. The van der Waals surface area contributed by atoms with E-state index >= 15 is 0 Å². The van der Waals surface area contributed by atoms with Gasteiger partial charge in [-0.05, 0) is 12.5 Å². The zero-order chi connectivity index (χ0) is 7.49. The zero-order valence-corrected chi connectivity index (χ0v) is 5.20. The molecule has 3 heteroatoms. The number of halogens is 3. The van der Waals surface area contributed by atoms with Gasteiger partial charge in [0.15, 0.2) is 6.17 Å². The van der Waals surface area contributed by atoms with Crippen LogP contribution in [0.2, 0.25) is 0 Å². The van der Waals surface area contributed by atoms with Crippen LogP contribution in [0.15, 0.2) is 12.7 Å². The first-order valence-electron chi connectivity index (χ1n) is 2.70. The predicted octanol–water partition coefficient (Wildman–Crippen LogP) is 2.56. The molecule has 0 aliphatic rings. The SMILES string of the molecule is C=CC(F)(F)C(F)CC. The first-order valence-corrected chi connectivity index (χ1v) is 2.70. The maximum absolute atomic E-state index is 12.1. The highest BCUT2D eigenvalue weighted by molar-refractivity contribution is 4.92. The lowest BCUT2D eigenvalue weighted by Gasteiger charge is -2.13. The molecule has 0 aromatic rings. The van der Waals surface area contributed by atoms with Gasteiger partial charge in [-0.3, -0.25) is 0 Å². The lowest BCUT2D eigenvalue weighted by Crippen LogP contribution is -2.26. The van der Waals surface area contributed by atoms with Gasteiger partial charge in [-0.25, -0.2) is 4.39 Å². The van der Waals surface area contributed by atoms with Crippen molar-refractivity contribution in [1.29, 1.82) is 0 Å². The Morgan fingerprint density at radius 2 is 2.11 bits per heavy atom. The van der Waals surface area contributed by atoms with E-state index < -0.39 is 12.1 Å². The Hall–Kier alpha value is -0.470. The van der Waals surface area contributed by atoms with Gasteiger partial charge in [-0.2, -0.15) is 8.78 Å². The molecule has 0 aromatic heterocycles. The summed E-state index contributed by atoms with van der Waals surface area (Å²) >= 11 is 0. The molecule has 0 saturated heterocycles. The van der Waals surface area contributed by atoms with E-state index in [4.69, 9.17) is 0 Å². The van der Waals surface area contributed by atoms with Crippen molar-refractivity contribution in [2.24, 2.45) is 0 Å². The first-order chi connectivity index (χ1) is 4.04. The minimum absolute atomic E-state index is 0.182. The molecule has 54 valence electrons. The van der Waals surface area contributed by atoms with Gasteiger partial charge >= 0.3 is 0 Å². The summed E-state index contributed by atoms with van der Waals surface area (Å²) < 4.78 is 36.2. The van der Waals surface area contributed by atoms with E-state index in [1.807, 2.05) is 0 Å². The molecule has 0 rings (SSSR count). The summed E-state index contributed by atoms with van der Waals surface area (Å²) in [4.78, 5) is 0. The fourth-order valence-corrected chi connectivity index (χ4v) is 0.400. The second-order valence-corrected chi connectivity index (χ2v) is 1.75. The molecule has 0 nitrogen and oxygen atoms in total. The molecule has 1 atom stereocenters. The highest BCUT2D eigenvalue weighted by Gasteiger charge is 2.34. The summed E-state index contributed by atoms with van der Waals surface area (Å²) in [7, 11) is 0. The molecular formula is C6H9F3. The molecule has 0 heterocycles. The average Bonchev–Trinajstić information content (AvgIpc) is 1.86. The van der Waals surface area contributed by atoms with Crippen LogP contribution in [0.5, 0.6) is 0 Å². The van der Waals surface area contributed by atoms with E-state index in [0.717, 1.165) is 0 Å². The second-order valence-electron chi connectivity index (χ2n) is 1.75. The molecule has 0 amide bonds. The Kier molecular flexibility index (Phi) is 2.74. The number of hydrogen-bond donors (Lipinski definition) is 0. The molecule has 0 fully saturated rings. The number of hydrogen-bond acceptors (Lipinski definition) is 0. The second kappa shape index (κ2) is 2.90. The molecule has 9 heavy (non-hydrogen) atoms. The van der Waals surface area contributed by atoms with Crippen molar-refractivity contribution in [3.05, 3.63) is 12.7 Å². The average molecular weight is 138 g/mol. The van der Waals surface area contributed by atoms with Crippen molar-refractivity contribution < 1.29 is 13.2 Å². The minimum Gasteiger partial charge on any atom is -0.240 e. The summed E-state index contributed by atoms with van der Waals surface area (Å²) in [5, 5.41) is 0. The van der Waals surface area contributed by atoms with Crippen molar-refractivity contribution in [3.63, 3.8) is 0 Å². The Morgan fingerprint density at radius 3 is 2.22 bits per heavy atom. The van der Waals surface area contributed by atoms with Crippen LogP contribution in [-0.2, 0) is 0 Å². The molecule has 0 saturated carbocycles. The summed E-state index contributed by atoms with van der Waals surface area (Å²) in [5.41, 5.74) is 0. The van der Waals surface area contributed by atoms with Gasteiger partial charge in [0.25, 0.3) is 5.92 Å². The van der Waals surface area contributed by atoms with Crippen molar-refractivity contribution >= 4 is 0 Å². The van der Waals surface area contributed by atoms with Crippen LogP contribution in [0.3, 0.4) is 0 Å². The van der Waals surface area contributed by atoms with Gasteiger partial charge in [0, 0.05) is 0 Å². The number of alkyl halides is 3. The Balaban J connectivity index is 3.95. The third-order valence-electron chi connectivity index (χ3n) is 1.05. The van der Waals surface area contributed by atoms with Crippen LogP contribution in [-0.4, -0.2) is 12.1 Å². The van der Waals surface area contributed by atoms with E-state index in [2.05, 4.69) is 6.58 Å². The normalized spacial score (nSPS) is 15.1. The highest BCUT2D eigenvalue weighted by atomic mass is 19.3. The smallest absolute Gasteiger partial charge is 0.240 e.